The summed E-state index contributed by atoms with van der Waals surface area (Å²) in [5, 5.41) is 9.06. The smallest absolute Gasteiger partial charge is 0.184 e. The van der Waals surface area contributed by atoms with Gasteiger partial charge in [-0.2, -0.15) is 0 Å². The third-order valence-electron chi connectivity index (χ3n) is 1.95. The maximum atomic E-state index is 13.0. The number of benzene rings is 1. The average Bonchev–Trinajstić information content (AvgIpc) is 2.58. The van der Waals surface area contributed by atoms with Crippen molar-refractivity contribution >= 4 is 22.9 Å². The quantitative estimate of drug-likeness (QED) is 0.900. The number of aliphatic hydroxyl groups is 1. The SMILES string of the molecule is OCc1sc(Cl)nc1-c1cc(F)cc(F)c1. The molecular formula is C10H6ClF2NOS. The van der Waals surface area contributed by atoms with Gasteiger partial charge in [0.1, 0.15) is 11.6 Å². The van der Waals surface area contributed by atoms with Crippen molar-refractivity contribution in [1.82, 2.24) is 4.98 Å². The fraction of sp³-hybridized carbons (Fsp3) is 0.100. The van der Waals surface area contributed by atoms with Crippen LogP contribution in [-0.2, 0) is 6.61 Å². The lowest BCUT2D eigenvalue weighted by Gasteiger charge is -2.00. The number of rotatable bonds is 2. The summed E-state index contributed by atoms with van der Waals surface area (Å²) in [4.78, 5) is 4.41. The molecule has 0 aliphatic heterocycles. The molecule has 2 nitrogen and oxygen atoms in total. The number of nitrogens with zero attached hydrogens (tertiary/aromatic N) is 1. The molecule has 0 spiro atoms. The van der Waals surface area contributed by atoms with E-state index in [9.17, 15) is 8.78 Å². The lowest BCUT2D eigenvalue weighted by molar-refractivity contribution is 0.286. The van der Waals surface area contributed by atoms with Crippen LogP contribution in [-0.4, -0.2) is 10.1 Å². The summed E-state index contributed by atoms with van der Waals surface area (Å²) in [6, 6.07) is 3.07. The summed E-state index contributed by atoms with van der Waals surface area (Å²) in [7, 11) is 0. The Bertz CT molecular complexity index is 509. The molecule has 0 saturated heterocycles. The molecule has 1 aromatic carbocycles. The molecule has 0 amide bonds. The standard InChI is InChI=1S/C10H6ClF2NOS/c11-10-14-9(8(4-15)16-10)5-1-6(12)3-7(13)2-5/h1-3,15H,4H2. The summed E-state index contributed by atoms with van der Waals surface area (Å²) < 4.78 is 26.2. The highest BCUT2D eigenvalue weighted by molar-refractivity contribution is 7.16. The summed E-state index contributed by atoms with van der Waals surface area (Å²) >= 11 is 6.76. The van der Waals surface area contributed by atoms with Gasteiger partial charge >= 0.3 is 0 Å². The first-order valence-electron chi connectivity index (χ1n) is 4.32. The molecule has 2 rings (SSSR count). The van der Waals surface area contributed by atoms with Crippen LogP contribution < -0.4 is 0 Å². The van der Waals surface area contributed by atoms with Gasteiger partial charge in [0.15, 0.2) is 4.47 Å². The Labute approximate surface area is 99.1 Å². The Balaban J connectivity index is 2.57. The van der Waals surface area contributed by atoms with Crippen molar-refractivity contribution in [3.05, 3.63) is 39.2 Å². The molecule has 1 aromatic heterocycles. The average molecular weight is 262 g/mol. The highest BCUT2D eigenvalue weighted by Crippen LogP contribution is 2.31. The van der Waals surface area contributed by atoms with E-state index in [-0.39, 0.29) is 16.6 Å². The third kappa shape index (κ3) is 2.21. The van der Waals surface area contributed by atoms with Crippen molar-refractivity contribution in [2.24, 2.45) is 0 Å². The number of hydrogen-bond donors (Lipinski definition) is 1. The van der Waals surface area contributed by atoms with Crippen LogP contribution in [0.1, 0.15) is 4.88 Å². The van der Waals surface area contributed by atoms with E-state index in [1.807, 2.05) is 0 Å². The zero-order valence-corrected chi connectivity index (χ0v) is 9.45. The number of hydrogen-bond acceptors (Lipinski definition) is 3. The van der Waals surface area contributed by atoms with E-state index in [0.717, 1.165) is 29.5 Å². The van der Waals surface area contributed by atoms with E-state index in [4.69, 9.17) is 16.7 Å². The van der Waals surface area contributed by atoms with Crippen molar-refractivity contribution in [3.63, 3.8) is 0 Å². The normalized spacial score (nSPS) is 10.8. The Morgan fingerprint density at radius 1 is 1.25 bits per heavy atom. The van der Waals surface area contributed by atoms with E-state index in [1.54, 1.807) is 0 Å². The van der Waals surface area contributed by atoms with Gasteiger partial charge in [0, 0.05) is 11.6 Å². The van der Waals surface area contributed by atoms with Crippen LogP contribution in [0.15, 0.2) is 18.2 Å². The first kappa shape index (κ1) is 11.4. The van der Waals surface area contributed by atoms with Gasteiger partial charge in [-0.05, 0) is 12.1 Å². The Hall–Kier alpha value is -1.04. The first-order chi connectivity index (χ1) is 7.60. The minimum absolute atomic E-state index is 0.226. The van der Waals surface area contributed by atoms with Crippen molar-refractivity contribution in [2.45, 2.75) is 6.61 Å². The van der Waals surface area contributed by atoms with Crippen molar-refractivity contribution in [2.75, 3.05) is 0 Å². The van der Waals surface area contributed by atoms with Gasteiger partial charge < -0.3 is 5.11 Å². The van der Waals surface area contributed by atoms with Crippen LogP contribution in [0.5, 0.6) is 0 Å². The summed E-state index contributed by atoms with van der Waals surface area (Å²) in [6.07, 6.45) is 0. The van der Waals surface area contributed by atoms with Crippen LogP contribution in [0, 0.1) is 11.6 Å². The van der Waals surface area contributed by atoms with Gasteiger partial charge in [0.25, 0.3) is 0 Å². The minimum atomic E-state index is -0.692. The van der Waals surface area contributed by atoms with Crippen LogP contribution in [0.3, 0.4) is 0 Å². The molecule has 1 N–H and O–H groups in total. The summed E-state index contributed by atoms with van der Waals surface area (Å²) in [5.74, 6) is -1.38. The van der Waals surface area contributed by atoms with Crippen LogP contribution in [0.25, 0.3) is 11.3 Å². The molecule has 0 aliphatic carbocycles. The second kappa shape index (κ2) is 4.45. The zero-order chi connectivity index (χ0) is 11.7. The molecule has 0 radical (unpaired) electrons. The van der Waals surface area contributed by atoms with E-state index >= 15 is 0 Å². The van der Waals surface area contributed by atoms with Gasteiger partial charge in [-0.1, -0.05) is 11.6 Å². The van der Waals surface area contributed by atoms with Crippen LogP contribution in [0.4, 0.5) is 8.78 Å². The highest BCUT2D eigenvalue weighted by atomic mass is 35.5. The molecule has 84 valence electrons. The molecule has 16 heavy (non-hydrogen) atoms. The second-order valence-electron chi connectivity index (χ2n) is 3.05. The van der Waals surface area contributed by atoms with Crippen LogP contribution >= 0.6 is 22.9 Å². The molecule has 2 aromatic rings. The van der Waals surface area contributed by atoms with Crippen molar-refractivity contribution in [1.29, 1.82) is 0 Å². The van der Waals surface area contributed by atoms with Gasteiger partial charge in [-0.3, -0.25) is 0 Å². The zero-order valence-electron chi connectivity index (χ0n) is 7.88. The lowest BCUT2D eigenvalue weighted by atomic mass is 10.1. The van der Waals surface area contributed by atoms with E-state index < -0.39 is 11.6 Å². The topological polar surface area (TPSA) is 33.1 Å². The third-order valence-corrected chi connectivity index (χ3v) is 3.10. The monoisotopic (exact) mass is 261 g/mol. The van der Waals surface area contributed by atoms with Gasteiger partial charge in [0.05, 0.1) is 17.2 Å². The second-order valence-corrected chi connectivity index (χ2v) is 4.72. The largest absolute Gasteiger partial charge is 0.391 e. The number of thiazole rings is 1. The first-order valence-corrected chi connectivity index (χ1v) is 5.52. The van der Waals surface area contributed by atoms with E-state index in [1.165, 1.54) is 0 Å². The molecule has 0 saturated carbocycles. The number of aliphatic hydroxyl groups excluding tert-OH is 1. The molecule has 0 aliphatic rings. The maximum Gasteiger partial charge on any atom is 0.184 e. The van der Waals surface area contributed by atoms with Crippen molar-refractivity contribution < 1.29 is 13.9 Å². The lowest BCUT2D eigenvalue weighted by Crippen LogP contribution is -1.88. The number of halogens is 3. The maximum absolute atomic E-state index is 13.0. The minimum Gasteiger partial charge on any atom is -0.391 e. The predicted molar refractivity (Wildman–Crippen MR) is 58.4 cm³/mol. The van der Waals surface area contributed by atoms with Gasteiger partial charge in [-0.15, -0.1) is 11.3 Å². The Morgan fingerprint density at radius 2 is 1.88 bits per heavy atom. The van der Waals surface area contributed by atoms with Gasteiger partial charge in [0.2, 0.25) is 0 Å². The molecule has 0 unspecified atom stereocenters. The summed E-state index contributed by atoms with van der Waals surface area (Å²) in [6.45, 7) is -0.266. The molecule has 0 atom stereocenters. The fourth-order valence-corrected chi connectivity index (χ4v) is 2.38. The molecule has 6 heteroatoms. The van der Waals surface area contributed by atoms with E-state index in [0.29, 0.717) is 10.6 Å². The predicted octanol–water partition coefficient (Wildman–Crippen LogP) is 3.23. The highest BCUT2D eigenvalue weighted by Gasteiger charge is 2.13. The van der Waals surface area contributed by atoms with Crippen LogP contribution in [0.2, 0.25) is 4.47 Å². The fourth-order valence-electron chi connectivity index (χ4n) is 1.35. The van der Waals surface area contributed by atoms with Gasteiger partial charge in [-0.25, -0.2) is 13.8 Å². The molecule has 0 bridgehead atoms. The molecule has 0 fully saturated rings. The van der Waals surface area contributed by atoms with E-state index in [2.05, 4.69) is 4.98 Å². The summed E-state index contributed by atoms with van der Waals surface area (Å²) in [5.41, 5.74) is 0.584. The number of aromatic nitrogens is 1. The molecule has 1 heterocycles. The van der Waals surface area contributed by atoms with Crippen molar-refractivity contribution in [3.8, 4) is 11.3 Å². The molecular weight excluding hydrogens is 256 g/mol. The Morgan fingerprint density at radius 3 is 2.44 bits per heavy atom. The Kier molecular flexibility index (Phi) is 3.18.